The van der Waals surface area contributed by atoms with Crippen molar-refractivity contribution in [2.75, 3.05) is 32.7 Å². The molecule has 3 aliphatic rings. The van der Waals surface area contributed by atoms with E-state index in [2.05, 4.69) is 4.90 Å². The third-order valence-corrected chi connectivity index (χ3v) is 4.68. The zero-order valence-electron chi connectivity index (χ0n) is 11.8. The SMILES string of the molecule is O=C(O)CC1CCCN1C(=O)N1CCN(C2CC2)CC1. The molecule has 1 N–H and O–H groups in total. The van der Waals surface area contributed by atoms with Gasteiger partial charge in [-0.05, 0) is 25.7 Å². The molecular weight excluding hydrogens is 258 g/mol. The summed E-state index contributed by atoms with van der Waals surface area (Å²) in [5, 5.41) is 8.93. The lowest BCUT2D eigenvalue weighted by atomic mass is 10.1. The average molecular weight is 281 g/mol. The molecule has 1 atom stereocenters. The predicted molar refractivity (Wildman–Crippen MR) is 73.5 cm³/mol. The van der Waals surface area contributed by atoms with Crippen molar-refractivity contribution in [3.05, 3.63) is 0 Å². The van der Waals surface area contributed by atoms with Crippen LogP contribution in [0.2, 0.25) is 0 Å². The molecule has 0 aromatic heterocycles. The van der Waals surface area contributed by atoms with Crippen molar-refractivity contribution in [1.29, 1.82) is 0 Å². The second kappa shape index (κ2) is 5.60. The molecule has 1 unspecified atom stereocenters. The van der Waals surface area contributed by atoms with Crippen molar-refractivity contribution in [1.82, 2.24) is 14.7 Å². The Morgan fingerprint density at radius 2 is 1.70 bits per heavy atom. The number of hydrogen-bond donors (Lipinski definition) is 1. The van der Waals surface area contributed by atoms with E-state index in [4.69, 9.17) is 5.11 Å². The van der Waals surface area contributed by atoms with Gasteiger partial charge in [-0.3, -0.25) is 9.69 Å². The minimum absolute atomic E-state index is 0.0456. The Kier molecular flexibility index (Phi) is 3.83. The number of carboxylic acids is 1. The van der Waals surface area contributed by atoms with Gasteiger partial charge >= 0.3 is 12.0 Å². The molecule has 3 fully saturated rings. The monoisotopic (exact) mass is 281 g/mol. The molecule has 6 heteroatoms. The lowest BCUT2D eigenvalue weighted by Crippen LogP contribution is -2.54. The van der Waals surface area contributed by atoms with Gasteiger partial charge in [0.15, 0.2) is 0 Å². The summed E-state index contributed by atoms with van der Waals surface area (Å²) in [5.41, 5.74) is 0. The van der Waals surface area contributed by atoms with Crippen LogP contribution in [0, 0.1) is 0 Å². The van der Waals surface area contributed by atoms with E-state index in [1.54, 1.807) is 4.90 Å². The maximum Gasteiger partial charge on any atom is 0.320 e. The maximum absolute atomic E-state index is 12.5. The molecule has 2 amide bonds. The Morgan fingerprint density at radius 1 is 1.00 bits per heavy atom. The fourth-order valence-corrected chi connectivity index (χ4v) is 3.40. The van der Waals surface area contributed by atoms with Gasteiger partial charge in [0.2, 0.25) is 0 Å². The lowest BCUT2D eigenvalue weighted by Gasteiger charge is -2.38. The number of carbonyl (C=O) groups is 2. The van der Waals surface area contributed by atoms with Gasteiger partial charge in [-0.2, -0.15) is 0 Å². The van der Waals surface area contributed by atoms with Gasteiger partial charge in [0.25, 0.3) is 0 Å². The molecule has 1 saturated carbocycles. The van der Waals surface area contributed by atoms with Gasteiger partial charge in [-0.25, -0.2) is 4.79 Å². The maximum atomic E-state index is 12.5. The molecular formula is C14H23N3O3. The van der Waals surface area contributed by atoms with Crippen LogP contribution in [0.1, 0.15) is 32.1 Å². The number of rotatable bonds is 3. The Hall–Kier alpha value is -1.30. The van der Waals surface area contributed by atoms with Crippen molar-refractivity contribution < 1.29 is 14.7 Å². The lowest BCUT2D eigenvalue weighted by molar-refractivity contribution is -0.138. The molecule has 0 spiro atoms. The summed E-state index contributed by atoms with van der Waals surface area (Å²) in [6.07, 6.45) is 4.43. The van der Waals surface area contributed by atoms with E-state index in [0.29, 0.717) is 6.54 Å². The van der Waals surface area contributed by atoms with E-state index < -0.39 is 5.97 Å². The Morgan fingerprint density at radius 3 is 2.30 bits per heavy atom. The highest BCUT2D eigenvalue weighted by Gasteiger charge is 2.36. The average Bonchev–Trinajstić information content (AvgIpc) is 3.19. The Balaban J connectivity index is 1.54. The first-order chi connectivity index (χ1) is 9.65. The Bertz CT molecular complexity index is 389. The second-order valence-corrected chi connectivity index (χ2v) is 6.12. The van der Waals surface area contributed by atoms with Crippen LogP contribution in [-0.4, -0.2) is 76.6 Å². The predicted octanol–water partition coefficient (Wildman–Crippen LogP) is 0.825. The zero-order chi connectivity index (χ0) is 14.1. The van der Waals surface area contributed by atoms with Crippen molar-refractivity contribution >= 4 is 12.0 Å². The first-order valence-electron chi connectivity index (χ1n) is 7.66. The number of amides is 2. The molecule has 20 heavy (non-hydrogen) atoms. The van der Waals surface area contributed by atoms with Gasteiger partial charge in [-0.15, -0.1) is 0 Å². The van der Waals surface area contributed by atoms with Crippen molar-refractivity contribution in [3.63, 3.8) is 0 Å². The molecule has 1 aliphatic carbocycles. The summed E-state index contributed by atoms with van der Waals surface area (Å²) >= 11 is 0. The summed E-state index contributed by atoms with van der Waals surface area (Å²) in [5.74, 6) is -0.812. The molecule has 3 rings (SSSR count). The number of likely N-dealkylation sites (tertiary alicyclic amines) is 1. The highest BCUT2D eigenvalue weighted by Crippen LogP contribution is 2.28. The molecule has 6 nitrogen and oxygen atoms in total. The summed E-state index contributed by atoms with van der Waals surface area (Å²) < 4.78 is 0. The van der Waals surface area contributed by atoms with E-state index in [1.165, 1.54) is 12.8 Å². The van der Waals surface area contributed by atoms with E-state index in [-0.39, 0.29) is 18.5 Å². The molecule has 0 aromatic carbocycles. The number of nitrogens with zero attached hydrogens (tertiary/aromatic N) is 3. The summed E-state index contributed by atoms with van der Waals surface area (Å²) in [4.78, 5) is 29.5. The van der Waals surface area contributed by atoms with Crippen molar-refractivity contribution in [3.8, 4) is 0 Å². The van der Waals surface area contributed by atoms with Crippen LogP contribution in [-0.2, 0) is 4.79 Å². The van der Waals surface area contributed by atoms with Gasteiger partial charge in [-0.1, -0.05) is 0 Å². The van der Waals surface area contributed by atoms with Gasteiger partial charge < -0.3 is 14.9 Å². The minimum atomic E-state index is -0.812. The van der Waals surface area contributed by atoms with Crippen LogP contribution >= 0.6 is 0 Å². The zero-order valence-corrected chi connectivity index (χ0v) is 11.8. The summed E-state index contributed by atoms with van der Waals surface area (Å²) in [7, 11) is 0. The van der Waals surface area contributed by atoms with Gasteiger partial charge in [0, 0.05) is 44.8 Å². The van der Waals surface area contributed by atoms with Crippen LogP contribution < -0.4 is 0 Å². The number of urea groups is 1. The first kappa shape index (κ1) is 13.7. The molecule has 0 radical (unpaired) electrons. The van der Waals surface area contributed by atoms with Crippen molar-refractivity contribution in [2.24, 2.45) is 0 Å². The smallest absolute Gasteiger partial charge is 0.320 e. The second-order valence-electron chi connectivity index (χ2n) is 6.12. The number of aliphatic carboxylic acids is 1. The standard InChI is InChI=1S/C14H23N3O3/c18-13(19)10-12-2-1-5-17(12)14(20)16-8-6-15(7-9-16)11-3-4-11/h11-12H,1-10H2,(H,18,19). The first-order valence-corrected chi connectivity index (χ1v) is 7.66. The highest BCUT2D eigenvalue weighted by molar-refractivity contribution is 5.76. The van der Waals surface area contributed by atoms with Crippen LogP contribution in [0.4, 0.5) is 4.79 Å². The van der Waals surface area contributed by atoms with Crippen molar-refractivity contribution in [2.45, 2.75) is 44.2 Å². The minimum Gasteiger partial charge on any atom is -0.481 e. The van der Waals surface area contributed by atoms with E-state index in [0.717, 1.165) is 45.1 Å². The third-order valence-electron chi connectivity index (χ3n) is 4.68. The topological polar surface area (TPSA) is 64.1 Å². The largest absolute Gasteiger partial charge is 0.481 e. The van der Waals surface area contributed by atoms with Gasteiger partial charge in [0.05, 0.1) is 6.42 Å². The number of carboxylic acid groups (broad SMARTS) is 1. The van der Waals surface area contributed by atoms with Crippen LogP contribution in [0.3, 0.4) is 0 Å². The highest BCUT2D eigenvalue weighted by atomic mass is 16.4. The van der Waals surface area contributed by atoms with Gasteiger partial charge in [0.1, 0.15) is 0 Å². The molecule has 2 saturated heterocycles. The molecule has 2 heterocycles. The van der Waals surface area contributed by atoms with E-state index in [1.807, 2.05) is 4.90 Å². The fourth-order valence-electron chi connectivity index (χ4n) is 3.40. The van der Waals surface area contributed by atoms with Crippen LogP contribution in [0.5, 0.6) is 0 Å². The summed E-state index contributed by atoms with van der Waals surface area (Å²) in [6.45, 7) is 4.21. The normalized spacial score (nSPS) is 27.9. The number of piperazine rings is 1. The summed E-state index contributed by atoms with van der Waals surface area (Å²) in [6, 6.07) is 0.699. The van der Waals surface area contributed by atoms with E-state index >= 15 is 0 Å². The molecule has 0 aromatic rings. The Labute approximate surface area is 119 Å². The molecule has 0 bridgehead atoms. The quantitative estimate of drug-likeness (QED) is 0.832. The number of hydrogen-bond acceptors (Lipinski definition) is 3. The van der Waals surface area contributed by atoms with Crippen LogP contribution in [0.15, 0.2) is 0 Å². The molecule has 112 valence electrons. The molecule has 2 aliphatic heterocycles. The van der Waals surface area contributed by atoms with Crippen LogP contribution in [0.25, 0.3) is 0 Å². The van der Waals surface area contributed by atoms with E-state index in [9.17, 15) is 9.59 Å². The third kappa shape index (κ3) is 2.90. The number of carbonyl (C=O) groups excluding carboxylic acids is 1. The fraction of sp³-hybridized carbons (Fsp3) is 0.857.